The number of carbonyl (C=O) groups excluding carboxylic acids is 3. The molecule has 0 spiro atoms. The van der Waals surface area contributed by atoms with E-state index < -0.39 is 31.9 Å². The molecule has 15 nitrogen and oxygen atoms in total. The van der Waals surface area contributed by atoms with Crippen LogP contribution in [0.5, 0.6) is 0 Å². The van der Waals surface area contributed by atoms with Crippen molar-refractivity contribution < 1.29 is 41.6 Å². The zero-order chi connectivity index (χ0) is 50.9. The Morgan fingerprint density at radius 3 is 1.29 bits per heavy atom. The molecule has 18 heteroatoms. The summed E-state index contributed by atoms with van der Waals surface area (Å²) in [4.78, 5) is 52.6. The fraction of sp³-hybridized carbons (Fsp3) is 0.538. The molecule has 0 aliphatic rings. The molecule has 0 saturated heterocycles. The first-order valence-corrected chi connectivity index (χ1v) is 34.1. The minimum absolute atomic E-state index is 0.213. The van der Waals surface area contributed by atoms with E-state index in [1.165, 1.54) is 0 Å². The van der Waals surface area contributed by atoms with Crippen LogP contribution < -0.4 is 16.0 Å². The van der Waals surface area contributed by atoms with Crippen molar-refractivity contribution in [2.45, 2.75) is 137 Å². The summed E-state index contributed by atoms with van der Waals surface area (Å²) < 4.78 is 35.7. The lowest BCUT2D eigenvalue weighted by Crippen LogP contribution is -2.50. The first-order chi connectivity index (χ1) is 33.5. The quantitative estimate of drug-likeness (QED) is 0.0177. The number of anilines is 6. The Morgan fingerprint density at radius 1 is 0.543 bits per heavy atom. The standard InChI is InChI=1S/C52H80N6O9Si3/c1-11-15-19-39(13-3)37-64-48(60)42-23-29-45(30-24-42)54-51-56-50(57-52(58-51)55-46-31-25-43(26-32-46)49(61)65-38-40(14-4)20-16-12-2)53-44-27-21-41(22-28-44)47(59)63-34-18-17-33-62-35-36-70(10,66-68(5)6)67-69(7,8)9/h21-32,39-40,68H,11-20,33-38H2,1-10H3,(H3,53,54,55,56,57,58). The third-order valence-electron chi connectivity index (χ3n) is 11.4. The SMILES string of the molecule is CCCCC(CC)COC(=O)c1ccc(Nc2nc(Nc3ccc(C(=O)OCCCCOCC[Si](C)(O[SiH](C)C)O[Si](C)(C)C)cc3)nc(Nc3ccc(C(=O)OCC(CC)CCCC)cc3)n2)cc1. The molecule has 384 valence electrons. The Hall–Kier alpha value is -4.99. The number of rotatable bonds is 33. The lowest BCUT2D eigenvalue weighted by Gasteiger charge is -2.35. The van der Waals surface area contributed by atoms with E-state index in [9.17, 15) is 14.4 Å². The highest BCUT2D eigenvalue weighted by Crippen LogP contribution is 2.25. The number of nitrogens with one attached hydrogen (secondary N) is 3. The van der Waals surface area contributed by atoms with Gasteiger partial charge < -0.3 is 43.1 Å². The molecule has 3 atom stereocenters. The third-order valence-corrected chi connectivity index (χ3v) is 20.5. The van der Waals surface area contributed by atoms with E-state index >= 15 is 0 Å². The van der Waals surface area contributed by atoms with Gasteiger partial charge in [-0.05, 0) is 150 Å². The van der Waals surface area contributed by atoms with Gasteiger partial charge in [0.2, 0.25) is 17.8 Å². The molecule has 3 aromatic carbocycles. The maximum Gasteiger partial charge on any atom is 0.338 e. The van der Waals surface area contributed by atoms with E-state index in [0.29, 0.717) is 78.4 Å². The van der Waals surface area contributed by atoms with Crippen molar-refractivity contribution in [3.05, 3.63) is 89.5 Å². The van der Waals surface area contributed by atoms with E-state index in [1.807, 2.05) is 0 Å². The van der Waals surface area contributed by atoms with Crippen LogP contribution in [0.2, 0.25) is 45.3 Å². The minimum atomic E-state index is -2.28. The number of hydrogen-bond donors (Lipinski definition) is 3. The Labute approximate surface area is 421 Å². The summed E-state index contributed by atoms with van der Waals surface area (Å²) in [5.74, 6) is 0.182. The van der Waals surface area contributed by atoms with Crippen LogP contribution in [0.4, 0.5) is 34.9 Å². The molecule has 1 aromatic heterocycles. The number of aromatic nitrogens is 3. The number of carbonyl (C=O) groups is 3. The average Bonchev–Trinajstić information content (AvgIpc) is 3.32. The van der Waals surface area contributed by atoms with Crippen LogP contribution >= 0.6 is 0 Å². The first kappa shape index (κ1) is 57.6. The lowest BCUT2D eigenvalue weighted by atomic mass is 10.0. The number of unbranched alkanes of at least 4 members (excludes halogenated alkanes) is 3. The van der Waals surface area contributed by atoms with E-state index in [-0.39, 0.29) is 36.4 Å². The number of ether oxygens (including phenoxy) is 4. The molecule has 0 aliphatic heterocycles. The van der Waals surface area contributed by atoms with Crippen LogP contribution in [0.15, 0.2) is 72.8 Å². The smallest absolute Gasteiger partial charge is 0.338 e. The molecule has 0 amide bonds. The van der Waals surface area contributed by atoms with Crippen molar-refractivity contribution in [1.29, 1.82) is 0 Å². The van der Waals surface area contributed by atoms with Gasteiger partial charge in [0.25, 0.3) is 0 Å². The second-order valence-electron chi connectivity index (χ2n) is 19.2. The van der Waals surface area contributed by atoms with E-state index in [0.717, 1.165) is 63.8 Å². The molecule has 4 rings (SSSR count). The molecule has 3 N–H and O–H groups in total. The highest BCUT2D eigenvalue weighted by atomic mass is 28.5. The summed E-state index contributed by atoms with van der Waals surface area (Å²) in [7, 11) is -5.26. The molecule has 0 fully saturated rings. The van der Waals surface area contributed by atoms with Crippen molar-refractivity contribution in [3.8, 4) is 0 Å². The van der Waals surface area contributed by atoms with Crippen molar-refractivity contribution in [3.63, 3.8) is 0 Å². The molecular weight excluding hydrogens is 937 g/mol. The molecule has 1 heterocycles. The number of nitrogens with zero attached hydrogens (tertiary/aromatic N) is 3. The van der Waals surface area contributed by atoms with Crippen molar-refractivity contribution in [2.75, 3.05) is 49.0 Å². The highest BCUT2D eigenvalue weighted by Gasteiger charge is 2.37. The second kappa shape index (κ2) is 30.0. The molecular formula is C52H80N6O9Si3. The lowest BCUT2D eigenvalue weighted by molar-refractivity contribution is 0.0419. The number of benzene rings is 3. The maximum absolute atomic E-state index is 12.9. The summed E-state index contributed by atoms with van der Waals surface area (Å²) in [6, 6.07) is 21.5. The molecule has 4 aromatic rings. The van der Waals surface area contributed by atoms with Crippen LogP contribution in [0, 0.1) is 11.8 Å². The van der Waals surface area contributed by atoms with Crippen LogP contribution in [0.25, 0.3) is 0 Å². The maximum atomic E-state index is 12.9. The first-order valence-electron chi connectivity index (χ1n) is 25.4. The van der Waals surface area contributed by atoms with Gasteiger partial charge >= 0.3 is 26.5 Å². The van der Waals surface area contributed by atoms with Gasteiger partial charge in [-0.25, -0.2) is 14.4 Å². The van der Waals surface area contributed by atoms with Gasteiger partial charge in [0.05, 0.1) is 36.5 Å². The summed E-state index contributed by atoms with van der Waals surface area (Å²) in [6.07, 6.45) is 9.86. The van der Waals surface area contributed by atoms with Crippen molar-refractivity contribution in [2.24, 2.45) is 11.8 Å². The highest BCUT2D eigenvalue weighted by molar-refractivity contribution is 6.84. The van der Waals surface area contributed by atoms with Gasteiger partial charge in [-0.3, -0.25) is 0 Å². The second-order valence-corrected chi connectivity index (χ2v) is 30.0. The van der Waals surface area contributed by atoms with Gasteiger partial charge in [0, 0.05) is 36.3 Å². The van der Waals surface area contributed by atoms with E-state index in [2.05, 4.69) is 97.9 Å². The fourth-order valence-electron chi connectivity index (χ4n) is 7.54. The van der Waals surface area contributed by atoms with Gasteiger partial charge in [-0.15, -0.1) is 0 Å². The number of esters is 3. The monoisotopic (exact) mass is 1020 g/mol. The summed E-state index contributed by atoms with van der Waals surface area (Å²) in [5.41, 5.74) is 3.19. The Morgan fingerprint density at radius 2 is 0.929 bits per heavy atom. The predicted octanol–water partition coefficient (Wildman–Crippen LogP) is 12.7. The van der Waals surface area contributed by atoms with Crippen molar-refractivity contribution in [1.82, 2.24) is 15.0 Å². The summed E-state index contributed by atoms with van der Waals surface area (Å²) in [5, 5.41) is 9.66. The zero-order valence-corrected chi connectivity index (χ0v) is 46.6. The zero-order valence-electron chi connectivity index (χ0n) is 43.5. The normalized spacial score (nSPS) is 13.2. The Balaban J connectivity index is 1.38. The summed E-state index contributed by atoms with van der Waals surface area (Å²) >= 11 is 0. The van der Waals surface area contributed by atoms with Gasteiger partial charge in [-0.1, -0.05) is 66.2 Å². The molecule has 0 bridgehead atoms. The van der Waals surface area contributed by atoms with Gasteiger partial charge in [0.15, 0.2) is 17.4 Å². The predicted molar refractivity (Wildman–Crippen MR) is 287 cm³/mol. The molecule has 0 saturated carbocycles. The molecule has 70 heavy (non-hydrogen) atoms. The number of hydrogen-bond acceptors (Lipinski definition) is 15. The van der Waals surface area contributed by atoms with Crippen LogP contribution in [0.3, 0.4) is 0 Å². The largest absolute Gasteiger partial charge is 0.462 e. The topological polar surface area (TPSA) is 181 Å². The Bertz CT molecular complexity index is 2080. The van der Waals surface area contributed by atoms with E-state index in [1.54, 1.807) is 72.8 Å². The van der Waals surface area contributed by atoms with Crippen LogP contribution in [-0.2, 0) is 27.2 Å². The van der Waals surface area contributed by atoms with Crippen LogP contribution in [0.1, 0.15) is 123 Å². The van der Waals surface area contributed by atoms with Crippen LogP contribution in [-0.4, -0.2) is 91.8 Å². The molecule has 3 unspecified atom stereocenters. The fourth-order valence-corrected chi connectivity index (χ4v) is 18.7. The van der Waals surface area contributed by atoms with E-state index in [4.69, 9.17) is 27.2 Å². The third kappa shape index (κ3) is 21.6. The van der Waals surface area contributed by atoms with Gasteiger partial charge in [-0.2, -0.15) is 15.0 Å². The molecule has 0 aliphatic carbocycles. The van der Waals surface area contributed by atoms with Gasteiger partial charge in [0.1, 0.15) is 0 Å². The summed E-state index contributed by atoms with van der Waals surface area (Å²) in [6.45, 7) is 23.9. The molecule has 0 radical (unpaired) electrons. The average molecular weight is 1020 g/mol. The Kier molecular flexibility index (Phi) is 24.7. The minimum Gasteiger partial charge on any atom is -0.462 e. The van der Waals surface area contributed by atoms with Crippen molar-refractivity contribution >= 4 is 78.7 Å².